The Balaban J connectivity index is 1.67. The van der Waals surface area contributed by atoms with Crippen LogP contribution in [0.25, 0.3) is 22.5 Å². The number of carboxylic acids is 1. The lowest BCUT2D eigenvalue weighted by atomic mass is 10.1. The first-order valence-electron chi connectivity index (χ1n) is 11.3. The van der Waals surface area contributed by atoms with Crippen LogP contribution in [0.1, 0.15) is 57.4 Å². The molecule has 1 aliphatic rings. The second kappa shape index (κ2) is 10.3. The van der Waals surface area contributed by atoms with Crippen molar-refractivity contribution in [1.82, 2.24) is 9.78 Å². The summed E-state index contributed by atoms with van der Waals surface area (Å²) in [6.45, 7) is 0.373. The van der Waals surface area contributed by atoms with Crippen LogP contribution in [0.2, 0.25) is 0 Å². The zero-order valence-corrected chi connectivity index (χ0v) is 17.9. The Hall–Kier alpha value is -3.08. The van der Waals surface area contributed by atoms with Crippen molar-refractivity contribution in [3.05, 3.63) is 60.7 Å². The molecule has 1 aromatic heterocycles. The highest BCUT2D eigenvalue weighted by molar-refractivity contribution is 5.72. The van der Waals surface area contributed by atoms with Crippen LogP contribution in [0.5, 0.6) is 5.75 Å². The molecular formula is C26H30N2O3. The van der Waals surface area contributed by atoms with Crippen molar-refractivity contribution in [2.75, 3.05) is 6.61 Å². The summed E-state index contributed by atoms with van der Waals surface area (Å²) >= 11 is 0. The normalized spacial score (nSPS) is 14.8. The summed E-state index contributed by atoms with van der Waals surface area (Å²) in [5.74, 6) is -0.0513. The lowest BCUT2D eigenvalue weighted by Crippen LogP contribution is -2.11. The fourth-order valence-electron chi connectivity index (χ4n) is 4.34. The van der Waals surface area contributed by atoms with E-state index in [1.165, 1.54) is 31.2 Å². The third-order valence-corrected chi connectivity index (χ3v) is 5.93. The largest absolute Gasteiger partial charge is 0.493 e. The van der Waals surface area contributed by atoms with Crippen LogP contribution < -0.4 is 4.74 Å². The molecule has 2 aromatic carbocycles. The Kier molecular flexibility index (Phi) is 7.03. The monoisotopic (exact) mass is 418 g/mol. The van der Waals surface area contributed by atoms with E-state index in [0.29, 0.717) is 19.1 Å². The lowest BCUT2D eigenvalue weighted by molar-refractivity contribution is -0.137. The van der Waals surface area contributed by atoms with Crippen molar-refractivity contribution in [2.45, 2.75) is 57.4 Å². The molecule has 3 aromatic rings. The van der Waals surface area contributed by atoms with Crippen LogP contribution in [-0.2, 0) is 4.79 Å². The number of para-hydroxylation sites is 1. The summed E-state index contributed by atoms with van der Waals surface area (Å²) in [4.78, 5) is 10.8. The molecule has 5 heteroatoms. The molecule has 1 fully saturated rings. The summed E-state index contributed by atoms with van der Waals surface area (Å²) in [5, 5.41) is 13.9. The molecule has 0 saturated heterocycles. The maximum atomic E-state index is 10.8. The average Bonchev–Trinajstić information content (AvgIpc) is 3.05. The first-order chi connectivity index (χ1) is 15.2. The Bertz CT molecular complexity index is 989. The minimum atomic E-state index is -0.800. The van der Waals surface area contributed by atoms with Gasteiger partial charge in [0.25, 0.3) is 0 Å². The summed E-state index contributed by atoms with van der Waals surface area (Å²) in [5.41, 5.74) is 4.16. The van der Waals surface area contributed by atoms with Crippen molar-refractivity contribution in [3.8, 4) is 28.3 Å². The van der Waals surface area contributed by atoms with Gasteiger partial charge in [0.1, 0.15) is 5.75 Å². The molecule has 1 N–H and O–H groups in total. The molecule has 162 valence electrons. The van der Waals surface area contributed by atoms with Gasteiger partial charge in [0.2, 0.25) is 0 Å². The van der Waals surface area contributed by atoms with Gasteiger partial charge in [0.15, 0.2) is 0 Å². The van der Waals surface area contributed by atoms with Crippen molar-refractivity contribution >= 4 is 5.97 Å². The van der Waals surface area contributed by atoms with Crippen LogP contribution in [0, 0.1) is 0 Å². The number of rotatable bonds is 8. The van der Waals surface area contributed by atoms with E-state index in [-0.39, 0.29) is 6.42 Å². The second-order valence-electron chi connectivity index (χ2n) is 8.21. The number of benzene rings is 2. The quantitative estimate of drug-likeness (QED) is 0.342. The van der Waals surface area contributed by atoms with Crippen LogP contribution in [0.4, 0.5) is 0 Å². The Morgan fingerprint density at radius 1 is 1.00 bits per heavy atom. The van der Waals surface area contributed by atoms with Crippen molar-refractivity contribution in [2.24, 2.45) is 0 Å². The molecule has 0 amide bonds. The fourth-order valence-corrected chi connectivity index (χ4v) is 4.34. The summed E-state index contributed by atoms with van der Waals surface area (Å²) < 4.78 is 8.18. The van der Waals surface area contributed by atoms with Gasteiger partial charge in [-0.25, -0.2) is 0 Å². The minimum Gasteiger partial charge on any atom is -0.493 e. The molecule has 0 atom stereocenters. The molecule has 0 aliphatic heterocycles. The second-order valence-corrected chi connectivity index (χ2v) is 8.21. The predicted octanol–water partition coefficient (Wildman–Crippen LogP) is 6.36. The molecule has 0 spiro atoms. The third-order valence-electron chi connectivity index (χ3n) is 5.93. The standard InChI is InChI=1S/C26H30N2O3/c29-26(30)17-10-18-31-25-16-9-8-15-22(25)23-19-24(20-11-4-3-5-12-20)28(27-23)21-13-6-1-2-7-14-21/h3-5,8-9,11-12,15-16,19,21H,1-2,6-7,10,13-14,17-18H2,(H,29,30). The Labute approximate surface area is 183 Å². The molecule has 4 rings (SSSR count). The number of carboxylic acid groups (broad SMARTS) is 1. The van der Waals surface area contributed by atoms with Gasteiger partial charge in [-0.1, -0.05) is 68.1 Å². The van der Waals surface area contributed by atoms with Crippen molar-refractivity contribution < 1.29 is 14.6 Å². The van der Waals surface area contributed by atoms with Crippen molar-refractivity contribution in [3.63, 3.8) is 0 Å². The average molecular weight is 419 g/mol. The van der Waals surface area contributed by atoms with E-state index < -0.39 is 5.97 Å². The van der Waals surface area contributed by atoms with E-state index in [0.717, 1.165) is 35.5 Å². The summed E-state index contributed by atoms with van der Waals surface area (Å²) in [7, 11) is 0. The number of aliphatic carboxylic acids is 1. The zero-order chi connectivity index (χ0) is 21.5. The van der Waals surface area contributed by atoms with Crippen LogP contribution >= 0.6 is 0 Å². The summed E-state index contributed by atoms with van der Waals surface area (Å²) in [6, 6.07) is 20.9. The van der Waals surface area contributed by atoms with Gasteiger partial charge >= 0.3 is 5.97 Å². The first kappa shape index (κ1) is 21.2. The van der Waals surface area contributed by atoms with E-state index in [9.17, 15) is 4.79 Å². The van der Waals surface area contributed by atoms with Gasteiger partial charge in [-0.2, -0.15) is 5.10 Å². The van der Waals surface area contributed by atoms with Gasteiger partial charge in [0, 0.05) is 12.0 Å². The fraction of sp³-hybridized carbons (Fsp3) is 0.385. The molecule has 1 heterocycles. The third kappa shape index (κ3) is 5.35. The van der Waals surface area contributed by atoms with E-state index in [2.05, 4.69) is 35.0 Å². The van der Waals surface area contributed by atoms with Crippen LogP contribution in [-0.4, -0.2) is 27.5 Å². The molecule has 0 unspecified atom stereocenters. The smallest absolute Gasteiger partial charge is 0.303 e. The molecule has 0 radical (unpaired) electrons. The molecule has 1 aliphatic carbocycles. The Morgan fingerprint density at radius 3 is 2.45 bits per heavy atom. The number of carbonyl (C=O) groups is 1. The highest BCUT2D eigenvalue weighted by Crippen LogP contribution is 2.36. The van der Waals surface area contributed by atoms with E-state index in [4.69, 9.17) is 14.9 Å². The van der Waals surface area contributed by atoms with E-state index in [1.807, 2.05) is 30.3 Å². The van der Waals surface area contributed by atoms with Crippen molar-refractivity contribution in [1.29, 1.82) is 0 Å². The van der Waals surface area contributed by atoms with Gasteiger partial charge in [0.05, 0.1) is 24.0 Å². The number of ether oxygens (including phenoxy) is 1. The predicted molar refractivity (Wildman–Crippen MR) is 122 cm³/mol. The number of nitrogens with zero attached hydrogens (tertiary/aromatic N) is 2. The number of aromatic nitrogens is 2. The van der Waals surface area contributed by atoms with E-state index >= 15 is 0 Å². The maximum absolute atomic E-state index is 10.8. The molecule has 5 nitrogen and oxygen atoms in total. The van der Waals surface area contributed by atoms with E-state index in [1.54, 1.807) is 0 Å². The molecule has 0 bridgehead atoms. The number of hydrogen-bond donors (Lipinski definition) is 1. The SMILES string of the molecule is O=C(O)CCCOc1ccccc1-c1cc(-c2ccccc2)n(C2CCCCCC2)n1. The van der Waals surface area contributed by atoms with Crippen LogP contribution in [0.3, 0.4) is 0 Å². The summed E-state index contributed by atoms with van der Waals surface area (Å²) in [6.07, 6.45) is 8.01. The highest BCUT2D eigenvalue weighted by Gasteiger charge is 2.21. The highest BCUT2D eigenvalue weighted by atomic mass is 16.5. The first-order valence-corrected chi connectivity index (χ1v) is 11.3. The minimum absolute atomic E-state index is 0.108. The van der Waals surface area contributed by atoms with Gasteiger partial charge in [-0.3, -0.25) is 9.48 Å². The number of hydrogen-bond acceptors (Lipinski definition) is 3. The topological polar surface area (TPSA) is 64.3 Å². The molecule has 1 saturated carbocycles. The van der Waals surface area contributed by atoms with Crippen LogP contribution in [0.15, 0.2) is 60.7 Å². The van der Waals surface area contributed by atoms with Gasteiger partial charge < -0.3 is 9.84 Å². The lowest BCUT2D eigenvalue weighted by Gasteiger charge is -2.18. The van der Waals surface area contributed by atoms with Gasteiger partial charge in [-0.15, -0.1) is 0 Å². The Morgan fingerprint density at radius 2 is 1.71 bits per heavy atom. The molecule has 31 heavy (non-hydrogen) atoms. The zero-order valence-electron chi connectivity index (χ0n) is 17.9. The molecular weight excluding hydrogens is 388 g/mol. The maximum Gasteiger partial charge on any atom is 0.303 e. The van der Waals surface area contributed by atoms with Gasteiger partial charge in [-0.05, 0) is 43.0 Å².